The maximum absolute atomic E-state index is 11.7. The molecule has 0 unspecified atom stereocenters. The highest BCUT2D eigenvalue weighted by Gasteiger charge is 2.30. The molecule has 0 radical (unpaired) electrons. The summed E-state index contributed by atoms with van der Waals surface area (Å²) in [6, 6.07) is 5.17. The highest BCUT2D eigenvalue weighted by molar-refractivity contribution is 5.75. The number of rotatable bonds is 2. The molecule has 1 aromatic rings. The van der Waals surface area contributed by atoms with Crippen molar-refractivity contribution >= 4 is 11.9 Å². The third-order valence-electron chi connectivity index (χ3n) is 1.35. The van der Waals surface area contributed by atoms with Crippen molar-refractivity contribution in [3.8, 4) is 5.75 Å². The van der Waals surface area contributed by atoms with Crippen LogP contribution >= 0.6 is 0 Å². The van der Waals surface area contributed by atoms with E-state index in [-0.39, 0.29) is 5.75 Å². The predicted molar refractivity (Wildman–Crippen MR) is 45.3 cm³/mol. The Labute approximate surface area is 78.1 Å². The number of ether oxygens (including phenoxy) is 1. The molecule has 0 bridgehead atoms. The van der Waals surface area contributed by atoms with Crippen LogP contribution in [0.4, 0.5) is 13.2 Å². The fourth-order valence-electron chi connectivity index (χ4n) is 0.849. The normalized spacial score (nSPS) is 10.5. The fourth-order valence-corrected chi connectivity index (χ4v) is 0.849. The summed E-state index contributed by atoms with van der Waals surface area (Å²) < 4.78 is 38.8. The van der Waals surface area contributed by atoms with E-state index in [1.807, 2.05) is 5.87 Å². The van der Waals surface area contributed by atoms with Crippen molar-refractivity contribution in [3.05, 3.63) is 29.8 Å². The number of alkyl halides is 3. The number of hydrogen-bond acceptors (Lipinski definition) is 2. The highest BCUT2D eigenvalue weighted by Crippen LogP contribution is 2.22. The summed E-state index contributed by atoms with van der Waals surface area (Å²) in [7, 11) is 0. The lowest BCUT2D eigenvalue weighted by molar-refractivity contribution is -0.274. The van der Waals surface area contributed by atoms with Gasteiger partial charge in [0.25, 0.3) is 0 Å². The SMILES string of the molecule is N=C=Cc1ccc(OC(F)(F)F)cc1. The van der Waals surface area contributed by atoms with Crippen LogP contribution in [0.2, 0.25) is 0 Å². The third-order valence-corrected chi connectivity index (χ3v) is 1.35. The maximum Gasteiger partial charge on any atom is 0.573 e. The Balaban J connectivity index is 2.78. The average molecular weight is 201 g/mol. The smallest absolute Gasteiger partial charge is 0.406 e. The van der Waals surface area contributed by atoms with Gasteiger partial charge in [-0.3, -0.25) is 5.41 Å². The van der Waals surface area contributed by atoms with E-state index in [4.69, 9.17) is 5.41 Å². The van der Waals surface area contributed by atoms with Crippen LogP contribution in [0.1, 0.15) is 5.56 Å². The summed E-state index contributed by atoms with van der Waals surface area (Å²) in [5, 5.41) is 6.62. The molecule has 0 fully saturated rings. The Morgan fingerprint density at radius 2 is 1.79 bits per heavy atom. The molecule has 0 saturated heterocycles. The minimum atomic E-state index is -4.67. The van der Waals surface area contributed by atoms with E-state index < -0.39 is 6.36 Å². The second kappa shape index (κ2) is 3.98. The van der Waals surface area contributed by atoms with Crippen LogP contribution in [-0.2, 0) is 0 Å². The molecule has 0 aliphatic carbocycles. The molecule has 1 N–H and O–H groups in total. The first-order valence-electron chi connectivity index (χ1n) is 3.62. The van der Waals surface area contributed by atoms with Crippen LogP contribution < -0.4 is 4.74 Å². The van der Waals surface area contributed by atoms with Crippen LogP contribution in [0.5, 0.6) is 5.75 Å². The van der Waals surface area contributed by atoms with Crippen LogP contribution in [0.25, 0.3) is 6.08 Å². The van der Waals surface area contributed by atoms with Gasteiger partial charge in [-0.15, -0.1) is 13.2 Å². The van der Waals surface area contributed by atoms with Crippen LogP contribution in [0.3, 0.4) is 0 Å². The second-order valence-corrected chi connectivity index (χ2v) is 2.41. The van der Waals surface area contributed by atoms with Gasteiger partial charge in [-0.05, 0) is 23.6 Å². The first-order chi connectivity index (χ1) is 6.51. The van der Waals surface area contributed by atoms with Crippen molar-refractivity contribution in [2.45, 2.75) is 6.36 Å². The molecular formula is C9H6F3NO. The molecule has 5 heteroatoms. The maximum atomic E-state index is 11.7. The summed E-state index contributed by atoms with van der Waals surface area (Å²) in [5.74, 6) is 1.74. The number of nitrogens with one attached hydrogen (secondary N) is 1. The zero-order chi connectivity index (χ0) is 10.6. The molecule has 1 rings (SSSR count). The molecule has 0 atom stereocenters. The van der Waals surface area contributed by atoms with Gasteiger partial charge in [0.1, 0.15) is 5.75 Å². The first-order valence-corrected chi connectivity index (χ1v) is 3.62. The third kappa shape index (κ3) is 3.33. The fraction of sp³-hybridized carbons (Fsp3) is 0.111. The van der Waals surface area contributed by atoms with E-state index in [1.54, 1.807) is 0 Å². The Hall–Kier alpha value is -1.74. The summed E-state index contributed by atoms with van der Waals surface area (Å²) in [4.78, 5) is 0. The predicted octanol–water partition coefficient (Wildman–Crippen LogP) is 2.85. The van der Waals surface area contributed by atoms with Gasteiger partial charge in [0.2, 0.25) is 0 Å². The van der Waals surface area contributed by atoms with Crippen LogP contribution in [0.15, 0.2) is 24.3 Å². The van der Waals surface area contributed by atoms with E-state index in [0.29, 0.717) is 5.56 Å². The second-order valence-electron chi connectivity index (χ2n) is 2.41. The minimum absolute atomic E-state index is 0.278. The molecule has 74 valence electrons. The molecule has 0 aliphatic heterocycles. The van der Waals surface area contributed by atoms with Crippen molar-refractivity contribution in [3.63, 3.8) is 0 Å². The number of hydrogen-bond donors (Lipinski definition) is 1. The zero-order valence-corrected chi connectivity index (χ0v) is 6.93. The van der Waals surface area contributed by atoms with Gasteiger partial charge in [0, 0.05) is 6.08 Å². The molecule has 2 nitrogen and oxygen atoms in total. The molecule has 1 aromatic carbocycles. The largest absolute Gasteiger partial charge is 0.573 e. The number of halogens is 3. The Kier molecular flexibility index (Phi) is 2.94. The summed E-state index contributed by atoms with van der Waals surface area (Å²) in [5.41, 5.74) is 0.592. The molecular weight excluding hydrogens is 195 g/mol. The Morgan fingerprint density at radius 1 is 1.21 bits per heavy atom. The van der Waals surface area contributed by atoms with Gasteiger partial charge in [0.15, 0.2) is 0 Å². The molecule has 0 saturated carbocycles. The standard InChI is InChI=1S/C9H6F3NO/c10-9(11,12)14-8-3-1-7(2-4-8)5-6-13/h1-5,13H. The molecule has 0 heterocycles. The van der Waals surface area contributed by atoms with Gasteiger partial charge in [-0.2, -0.15) is 0 Å². The molecule has 0 aliphatic rings. The van der Waals surface area contributed by atoms with Crippen LogP contribution in [0, 0.1) is 5.41 Å². The van der Waals surface area contributed by atoms with E-state index >= 15 is 0 Å². The Bertz CT molecular complexity index is 349. The van der Waals surface area contributed by atoms with Crippen molar-refractivity contribution in [2.75, 3.05) is 0 Å². The lowest BCUT2D eigenvalue weighted by atomic mass is 10.2. The number of benzene rings is 1. The first kappa shape index (κ1) is 10.3. The average Bonchev–Trinajstić information content (AvgIpc) is 2.06. The van der Waals surface area contributed by atoms with E-state index in [9.17, 15) is 13.2 Å². The van der Waals surface area contributed by atoms with Gasteiger partial charge in [-0.25, -0.2) is 0 Å². The quantitative estimate of drug-likeness (QED) is 0.733. The van der Waals surface area contributed by atoms with Crippen molar-refractivity contribution in [1.82, 2.24) is 0 Å². The van der Waals surface area contributed by atoms with Crippen molar-refractivity contribution in [1.29, 1.82) is 5.41 Å². The van der Waals surface area contributed by atoms with Gasteiger partial charge < -0.3 is 4.74 Å². The topological polar surface area (TPSA) is 33.1 Å². The lowest BCUT2D eigenvalue weighted by Gasteiger charge is -2.08. The van der Waals surface area contributed by atoms with Crippen molar-refractivity contribution < 1.29 is 17.9 Å². The Morgan fingerprint density at radius 3 is 2.21 bits per heavy atom. The summed E-state index contributed by atoms with van der Waals surface area (Å²) in [6.45, 7) is 0. The molecule has 14 heavy (non-hydrogen) atoms. The molecule has 0 amide bonds. The summed E-state index contributed by atoms with van der Waals surface area (Å²) >= 11 is 0. The molecule has 0 aromatic heterocycles. The van der Waals surface area contributed by atoms with Crippen molar-refractivity contribution in [2.24, 2.45) is 0 Å². The van der Waals surface area contributed by atoms with Gasteiger partial charge in [-0.1, -0.05) is 12.1 Å². The minimum Gasteiger partial charge on any atom is -0.406 e. The van der Waals surface area contributed by atoms with E-state index in [2.05, 4.69) is 4.74 Å². The molecule has 0 spiro atoms. The monoisotopic (exact) mass is 201 g/mol. The van der Waals surface area contributed by atoms with Gasteiger partial charge >= 0.3 is 6.36 Å². The van der Waals surface area contributed by atoms with E-state index in [0.717, 1.165) is 0 Å². The van der Waals surface area contributed by atoms with E-state index in [1.165, 1.54) is 30.3 Å². The summed E-state index contributed by atoms with van der Waals surface area (Å²) in [6.07, 6.45) is -3.34. The van der Waals surface area contributed by atoms with Crippen LogP contribution in [-0.4, -0.2) is 12.2 Å². The van der Waals surface area contributed by atoms with Gasteiger partial charge in [0.05, 0.1) is 0 Å². The lowest BCUT2D eigenvalue weighted by Crippen LogP contribution is -2.16. The zero-order valence-electron chi connectivity index (χ0n) is 6.93. The highest BCUT2D eigenvalue weighted by atomic mass is 19.4.